The molecule has 0 aliphatic rings. The number of rotatable bonds is 5. The molecule has 1 atom stereocenters. The fourth-order valence-corrected chi connectivity index (χ4v) is 3.45. The van der Waals surface area contributed by atoms with Crippen LogP contribution < -0.4 is 10.5 Å². The van der Waals surface area contributed by atoms with E-state index in [9.17, 15) is 12.8 Å². The Kier molecular flexibility index (Phi) is 5.14. The second-order valence-corrected chi connectivity index (χ2v) is 6.68. The average Bonchev–Trinajstić information content (AvgIpc) is 2.20. The highest BCUT2D eigenvalue weighted by molar-refractivity contribution is 7.89. The van der Waals surface area contributed by atoms with Crippen molar-refractivity contribution in [1.29, 1.82) is 0 Å². The summed E-state index contributed by atoms with van der Waals surface area (Å²) in [6, 6.07) is 1.59. The Morgan fingerprint density at radius 1 is 1.47 bits per heavy atom. The predicted octanol–water partition coefficient (Wildman–Crippen LogP) is 1.29. The summed E-state index contributed by atoms with van der Waals surface area (Å²) in [5.41, 5.74) is 5.10. The van der Waals surface area contributed by atoms with Crippen LogP contribution in [0.4, 0.5) is 10.1 Å². The van der Waals surface area contributed by atoms with Crippen molar-refractivity contribution in [3.05, 3.63) is 23.0 Å². The molecule has 108 valence electrons. The molecular weight excluding hydrogens is 293 g/mol. The van der Waals surface area contributed by atoms with Crippen LogP contribution in [0.2, 0.25) is 5.02 Å². The summed E-state index contributed by atoms with van der Waals surface area (Å²) < 4.78 is 39.8. The number of likely N-dealkylation sites (N-methyl/N-ethyl adjacent to an activating group) is 1. The topological polar surface area (TPSA) is 75.4 Å². The van der Waals surface area contributed by atoms with Crippen LogP contribution in [0.3, 0.4) is 0 Å². The van der Waals surface area contributed by atoms with Gasteiger partial charge >= 0.3 is 0 Å². The van der Waals surface area contributed by atoms with Crippen molar-refractivity contribution >= 4 is 27.3 Å². The molecule has 0 aromatic heterocycles. The quantitative estimate of drug-likeness (QED) is 0.804. The molecule has 0 saturated carbocycles. The Morgan fingerprint density at radius 2 is 2.05 bits per heavy atom. The normalized spacial score (nSPS) is 13.8. The van der Waals surface area contributed by atoms with E-state index in [1.165, 1.54) is 0 Å². The van der Waals surface area contributed by atoms with Gasteiger partial charge in [-0.2, -0.15) is 0 Å². The summed E-state index contributed by atoms with van der Waals surface area (Å²) >= 11 is 5.75. The van der Waals surface area contributed by atoms with Crippen LogP contribution in [0.25, 0.3) is 0 Å². The van der Waals surface area contributed by atoms with Crippen molar-refractivity contribution in [3.8, 4) is 0 Å². The first-order valence-corrected chi connectivity index (χ1v) is 7.41. The molecule has 5 nitrogen and oxygen atoms in total. The lowest BCUT2D eigenvalue weighted by Crippen LogP contribution is -2.39. The number of sulfonamides is 1. The van der Waals surface area contributed by atoms with E-state index in [1.807, 2.05) is 19.0 Å². The Morgan fingerprint density at radius 3 is 2.58 bits per heavy atom. The molecule has 0 spiro atoms. The Labute approximate surface area is 117 Å². The molecule has 1 aromatic rings. The molecule has 0 aliphatic carbocycles. The number of nitrogens with one attached hydrogen (secondary N) is 1. The minimum atomic E-state index is -3.83. The lowest BCUT2D eigenvalue weighted by Gasteiger charge is -2.18. The second-order valence-electron chi connectivity index (χ2n) is 4.59. The molecule has 8 heteroatoms. The van der Waals surface area contributed by atoms with Crippen molar-refractivity contribution in [1.82, 2.24) is 9.62 Å². The molecule has 0 aliphatic heterocycles. The van der Waals surface area contributed by atoms with E-state index < -0.39 is 15.8 Å². The van der Waals surface area contributed by atoms with Gasteiger partial charge in [0, 0.05) is 12.6 Å². The van der Waals surface area contributed by atoms with E-state index in [0.29, 0.717) is 6.54 Å². The Bertz CT molecular complexity index is 563. The van der Waals surface area contributed by atoms with Crippen molar-refractivity contribution < 1.29 is 12.8 Å². The number of halogens is 2. The fourth-order valence-electron chi connectivity index (χ4n) is 1.66. The molecule has 0 fully saturated rings. The molecule has 3 N–H and O–H groups in total. The maximum Gasteiger partial charge on any atom is 0.242 e. The maximum absolute atomic E-state index is 13.2. The SMILES string of the molecule is CC(CN(C)C)NS(=O)(=O)c1cc(N)c(F)cc1Cl. The van der Waals surface area contributed by atoms with Crippen molar-refractivity contribution in [2.75, 3.05) is 26.4 Å². The first-order chi connectivity index (χ1) is 8.63. The van der Waals surface area contributed by atoms with Gasteiger partial charge in [-0.25, -0.2) is 17.5 Å². The Hall–Kier alpha value is -0.890. The van der Waals surface area contributed by atoms with Gasteiger partial charge in [0.1, 0.15) is 10.7 Å². The summed E-state index contributed by atoms with van der Waals surface area (Å²) in [4.78, 5) is 1.62. The van der Waals surface area contributed by atoms with E-state index in [4.69, 9.17) is 17.3 Å². The highest BCUT2D eigenvalue weighted by Gasteiger charge is 2.22. The van der Waals surface area contributed by atoms with Gasteiger partial charge in [-0.05, 0) is 33.2 Å². The summed E-state index contributed by atoms with van der Waals surface area (Å²) in [6.07, 6.45) is 0. The molecular formula is C11H17ClFN3O2S. The van der Waals surface area contributed by atoms with E-state index in [-0.39, 0.29) is 21.6 Å². The monoisotopic (exact) mass is 309 g/mol. The van der Waals surface area contributed by atoms with E-state index in [0.717, 1.165) is 12.1 Å². The number of anilines is 1. The third-order valence-corrected chi connectivity index (χ3v) is 4.39. The lowest BCUT2D eigenvalue weighted by atomic mass is 10.3. The molecule has 0 saturated heterocycles. The summed E-state index contributed by atoms with van der Waals surface area (Å²) in [6.45, 7) is 2.24. The smallest absolute Gasteiger partial charge is 0.242 e. The average molecular weight is 310 g/mol. The van der Waals surface area contributed by atoms with Crippen molar-refractivity contribution in [3.63, 3.8) is 0 Å². The van der Waals surface area contributed by atoms with E-state index in [2.05, 4.69) is 4.72 Å². The van der Waals surface area contributed by atoms with Crippen LogP contribution in [0.5, 0.6) is 0 Å². The van der Waals surface area contributed by atoms with Gasteiger partial charge in [0.05, 0.1) is 10.7 Å². The standard InChI is InChI=1S/C11H17ClFN3O2S/c1-7(6-16(2)3)15-19(17,18)11-5-10(14)9(13)4-8(11)12/h4-5,7,15H,6,14H2,1-3H3. The third-order valence-electron chi connectivity index (χ3n) is 2.34. The van der Waals surface area contributed by atoms with E-state index >= 15 is 0 Å². The first kappa shape index (κ1) is 16.2. The molecule has 0 bridgehead atoms. The molecule has 1 rings (SSSR count). The van der Waals surface area contributed by atoms with Crippen LogP contribution >= 0.6 is 11.6 Å². The number of nitrogen functional groups attached to an aromatic ring is 1. The molecule has 1 unspecified atom stereocenters. The van der Waals surface area contributed by atoms with Crippen LogP contribution in [-0.4, -0.2) is 40.0 Å². The molecule has 0 amide bonds. The molecule has 19 heavy (non-hydrogen) atoms. The van der Waals surface area contributed by atoms with Gasteiger partial charge in [-0.15, -0.1) is 0 Å². The second kappa shape index (κ2) is 6.04. The maximum atomic E-state index is 13.2. The highest BCUT2D eigenvalue weighted by atomic mass is 35.5. The van der Waals surface area contributed by atoms with Gasteiger partial charge in [0.2, 0.25) is 10.0 Å². The van der Waals surface area contributed by atoms with Crippen molar-refractivity contribution in [2.24, 2.45) is 0 Å². The van der Waals surface area contributed by atoms with Crippen LogP contribution in [0.1, 0.15) is 6.92 Å². The summed E-state index contributed by atoms with van der Waals surface area (Å²) in [5, 5.41) is -0.198. The number of nitrogens with zero attached hydrogens (tertiary/aromatic N) is 1. The van der Waals surface area contributed by atoms with Gasteiger partial charge in [0.25, 0.3) is 0 Å². The van der Waals surface area contributed by atoms with Gasteiger partial charge < -0.3 is 10.6 Å². The zero-order valence-corrected chi connectivity index (χ0v) is 12.5. The third kappa shape index (κ3) is 4.31. The van der Waals surface area contributed by atoms with Gasteiger partial charge in [-0.1, -0.05) is 11.6 Å². The Balaban J connectivity index is 3.04. The lowest BCUT2D eigenvalue weighted by molar-refractivity contribution is 0.370. The molecule has 1 aromatic carbocycles. The summed E-state index contributed by atoms with van der Waals surface area (Å²) in [7, 11) is -0.176. The van der Waals surface area contributed by atoms with Crippen LogP contribution in [0, 0.1) is 5.82 Å². The number of hydrogen-bond acceptors (Lipinski definition) is 4. The van der Waals surface area contributed by atoms with Crippen LogP contribution in [-0.2, 0) is 10.0 Å². The largest absolute Gasteiger partial charge is 0.396 e. The van der Waals surface area contributed by atoms with Gasteiger partial charge in [0.15, 0.2) is 0 Å². The van der Waals surface area contributed by atoms with Gasteiger partial charge in [-0.3, -0.25) is 0 Å². The highest BCUT2D eigenvalue weighted by Crippen LogP contribution is 2.26. The number of nitrogens with two attached hydrogens (primary N) is 1. The zero-order chi connectivity index (χ0) is 14.8. The number of benzene rings is 1. The zero-order valence-electron chi connectivity index (χ0n) is 10.9. The molecule has 0 radical (unpaired) electrons. The van der Waals surface area contributed by atoms with E-state index in [1.54, 1.807) is 6.92 Å². The predicted molar refractivity (Wildman–Crippen MR) is 74.2 cm³/mol. The number of hydrogen-bond donors (Lipinski definition) is 2. The van der Waals surface area contributed by atoms with Crippen molar-refractivity contribution in [2.45, 2.75) is 17.9 Å². The minimum Gasteiger partial charge on any atom is -0.396 e. The fraction of sp³-hybridized carbons (Fsp3) is 0.455. The first-order valence-electron chi connectivity index (χ1n) is 5.55. The minimum absolute atomic E-state index is 0.198. The summed E-state index contributed by atoms with van der Waals surface area (Å²) in [5.74, 6) is -0.745. The van der Waals surface area contributed by atoms with Crippen LogP contribution in [0.15, 0.2) is 17.0 Å². The molecule has 0 heterocycles.